The van der Waals surface area contributed by atoms with Gasteiger partial charge in [-0.05, 0) is 63.3 Å². The second-order valence-corrected chi connectivity index (χ2v) is 21.2. The van der Waals surface area contributed by atoms with Crippen LogP contribution in [-0.2, 0) is 75.2 Å². The molecule has 0 unspecified atom stereocenters. The number of imidazole rings is 1. The van der Waals surface area contributed by atoms with Crippen LogP contribution < -0.4 is 76.1 Å². The number of hydrogen-bond acceptors (Lipinski definition) is 22. The minimum atomic E-state index is -1.65. The molecule has 476 valence electrons. The molecule has 1 aliphatic heterocycles. The van der Waals surface area contributed by atoms with Crippen LogP contribution in [0.15, 0.2) is 36.8 Å². The molecule has 0 radical (unpaired) electrons. The number of hydrogen-bond donors (Lipinski definition) is 21. The smallest absolute Gasteiger partial charge is 0.246 e. The van der Waals surface area contributed by atoms with E-state index < -0.39 is 163 Å². The first kappa shape index (κ1) is 72.9. The van der Waals surface area contributed by atoms with E-state index in [2.05, 4.69) is 114 Å². The molecule has 1 fully saturated rings. The molecule has 3 rings (SSSR count). The van der Waals surface area contributed by atoms with Crippen LogP contribution in [0.3, 0.4) is 0 Å². The molecule has 21 N–H and O–H groups in total. The van der Waals surface area contributed by atoms with Gasteiger partial charge in [0.15, 0.2) is 0 Å². The van der Waals surface area contributed by atoms with Crippen LogP contribution in [-0.4, -0.2) is 218 Å². The average molecular weight is 1280 g/mol. The number of rotatable bonds is 37. The van der Waals surface area contributed by atoms with E-state index in [0.717, 1.165) is 4.90 Å². The first-order valence-corrected chi connectivity index (χ1v) is 29.5. The summed E-state index contributed by atoms with van der Waals surface area (Å²) in [6.07, 6.45) is 2.61. The third kappa shape index (κ3) is 23.8. The Labute approximate surface area is 516 Å². The number of primary amides is 2. The molecule has 36 heteroatoms. The lowest BCUT2D eigenvalue weighted by Gasteiger charge is -2.30. The number of nitrogens with two attached hydrogens (primary N) is 4. The maximum Gasteiger partial charge on any atom is 0.246 e. The number of aliphatic hydroxyl groups excluding tert-OH is 1. The highest BCUT2D eigenvalue weighted by atomic mass is 32.1. The minimum Gasteiger partial charge on any atom is -0.508 e. The molecule has 0 bridgehead atoms. The van der Waals surface area contributed by atoms with Gasteiger partial charge in [-0.3, -0.25) is 62.3 Å². The molecular formula is C50H77N17O15S4. The quantitative estimate of drug-likeness (QED) is 0.0221. The molecule has 0 saturated carbocycles. The van der Waals surface area contributed by atoms with Gasteiger partial charge in [-0.15, -0.1) is 0 Å². The summed E-state index contributed by atoms with van der Waals surface area (Å²) >= 11 is 16.2. The number of aromatic hydroxyl groups is 1. The SMILES string of the molecule is C[C@H](NC(=O)[C@@H]1CCCN1C(=O)[C@H](CC(N)=O)NC(=O)[C@H](CS)NC(=O)[C@@H](N)CS)C(=O)N[C@@H](CS)C(=O)NCC(=O)N[C@@H](CCCCN)C(=O)N[C@@H](Cc1c[nH]cn1)C(=O)N[C@@H](Cc1ccc(O)cc1)C(=O)N[C@@H](CO)C(=O)N[C@@H](CS)C(N)=O. The van der Waals surface area contributed by atoms with Crippen molar-refractivity contribution in [2.75, 3.05) is 49.3 Å². The zero-order chi connectivity index (χ0) is 64.2. The number of aliphatic hydroxyl groups is 1. The minimum absolute atomic E-state index is 0.00972. The van der Waals surface area contributed by atoms with Crippen LogP contribution >= 0.6 is 50.5 Å². The topological polar surface area (TPSA) is 519 Å². The molecule has 1 aromatic carbocycles. The Bertz CT molecular complexity index is 2680. The van der Waals surface area contributed by atoms with Gasteiger partial charge < -0.3 is 96.2 Å². The highest BCUT2D eigenvalue weighted by Gasteiger charge is 2.40. The van der Waals surface area contributed by atoms with Crippen molar-refractivity contribution < 1.29 is 72.5 Å². The number of amides is 13. The highest BCUT2D eigenvalue weighted by molar-refractivity contribution is 7.80. The van der Waals surface area contributed by atoms with E-state index in [1.807, 2.05) is 0 Å². The Kier molecular flexibility index (Phi) is 31.6. The van der Waals surface area contributed by atoms with Gasteiger partial charge >= 0.3 is 0 Å². The zero-order valence-corrected chi connectivity index (χ0v) is 50.4. The number of thiol groups is 4. The number of unbranched alkanes of at least 4 members (excludes halogenated alkanes) is 1. The van der Waals surface area contributed by atoms with Crippen molar-refractivity contribution in [3.8, 4) is 5.75 Å². The lowest BCUT2D eigenvalue weighted by atomic mass is 10.0. The van der Waals surface area contributed by atoms with Crippen molar-refractivity contribution in [3.63, 3.8) is 0 Å². The van der Waals surface area contributed by atoms with Gasteiger partial charge in [-0.1, -0.05) is 12.1 Å². The lowest BCUT2D eigenvalue weighted by molar-refractivity contribution is -0.143. The summed E-state index contributed by atoms with van der Waals surface area (Å²) in [4.78, 5) is 180. The van der Waals surface area contributed by atoms with Gasteiger partial charge in [0.25, 0.3) is 0 Å². The van der Waals surface area contributed by atoms with Crippen molar-refractivity contribution in [1.82, 2.24) is 68.0 Å². The number of nitrogens with zero attached hydrogens (tertiary/aromatic N) is 2. The number of likely N-dealkylation sites (tertiary alicyclic amines) is 1. The number of aromatic amines is 1. The van der Waals surface area contributed by atoms with Crippen molar-refractivity contribution in [2.45, 2.75) is 125 Å². The zero-order valence-electron chi connectivity index (χ0n) is 46.8. The van der Waals surface area contributed by atoms with E-state index in [1.54, 1.807) is 0 Å². The van der Waals surface area contributed by atoms with E-state index in [4.69, 9.17) is 22.9 Å². The number of phenolic OH excluding ortho intramolecular Hbond substituents is 1. The molecule has 2 aromatic rings. The third-order valence-corrected chi connectivity index (χ3v) is 14.6. The molecule has 13 amide bonds. The lowest BCUT2D eigenvalue weighted by Crippen LogP contribution is -2.60. The summed E-state index contributed by atoms with van der Waals surface area (Å²) in [6.45, 7) is -0.201. The van der Waals surface area contributed by atoms with E-state index in [0.29, 0.717) is 24.8 Å². The summed E-state index contributed by atoms with van der Waals surface area (Å²) < 4.78 is 0. The van der Waals surface area contributed by atoms with Gasteiger partial charge in [0, 0.05) is 48.6 Å². The molecule has 1 saturated heterocycles. The predicted octanol–water partition coefficient (Wildman–Crippen LogP) is -8.08. The maximum atomic E-state index is 14.3. The average Bonchev–Trinajstić information content (AvgIpc) is 3.58. The summed E-state index contributed by atoms with van der Waals surface area (Å²) in [5.41, 5.74) is 22.8. The number of phenols is 1. The van der Waals surface area contributed by atoms with E-state index >= 15 is 0 Å². The maximum absolute atomic E-state index is 14.3. The van der Waals surface area contributed by atoms with Crippen molar-refractivity contribution in [2.24, 2.45) is 22.9 Å². The van der Waals surface area contributed by atoms with Crippen LogP contribution in [0.5, 0.6) is 5.75 Å². The Morgan fingerprint density at radius 3 is 1.74 bits per heavy atom. The highest BCUT2D eigenvalue weighted by Crippen LogP contribution is 2.20. The van der Waals surface area contributed by atoms with Crippen molar-refractivity contribution in [1.29, 1.82) is 0 Å². The van der Waals surface area contributed by atoms with Gasteiger partial charge in [0.05, 0.1) is 37.6 Å². The number of H-pyrrole nitrogens is 1. The van der Waals surface area contributed by atoms with Crippen molar-refractivity contribution in [3.05, 3.63) is 48.0 Å². The number of benzene rings is 1. The number of carbonyl (C=O) groups is 13. The Morgan fingerprint density at radius 1 is 0.651 bits per heavy atom. The van der Waals surface area contributed by atoms with E-state index in [-0.39, 0.29) is 73.2 Å². The van der Waals surface area contributed by atoms with Gasteiger partial charge in [-0.2, -0.15) is 50.5 Å². The van der Waals surface area contributed by atoms with Gasteiger partial charge in [0.1, 0.15) is 66.2 Å². The second kappa shape index (κ2) is 37.2. The molecule has 11 atom stereocenters. The van der Waals surface area contributed by atoms with Gasteiger partial charge in [0.2, 0.25) is 76.8 Å². The van der Waals surface area contributed by atoms with Gasteiger partial charge in [-0.25, -0.2) is 4.98 Å². The first-order valence-electron chi connectivity index (χ1n) is 26.9. The predicted molar refractivity (Wildman–Crippen MR) is 321 cm³/mol. The first-order chi connectivity index (χ1) is 40.8. The summed E-state index contributed by atoms with van der Waals surface area (Å²) in [6, 6.07) is -9.60. The molecule has 86 heavy (non-hydrogen) atoms. The van der Waals surface area contributed by atoms with Crippen LogP contribution in [0.4, 0.5) is 0 Å². The number of carbonyl (C=O) groups excluding carboxylic acids is 13. The Balaban J connectivity index is 1.72. The number of aromatic nitrogens is 2. The fraction of sp³-hybridized carbons (Fsp3) is 0.560. The van der Waals surface area contributed by atoms with Crippen LogP contribution in [0.2, 0.25) is 0 Å². The summed E-state index contributed by atoms with van der Waals surface area (Å²) in [7, 11) is 0. The normalized spacial score (nSPS) is 16.3. The van der Waals surface area contributed by atoms with Crippen LogP contribution in [0.25, 0.3) is 0 Å². The standard InChI is InChI=1S/C50H77N17O15S4/c1-24(58-49(81)37-6-4-12-67(37)50(82)32(15-38(53)70)62-48(80)36(22-86)66-42(74)28(52)19-83)41(73)65-35(21-85)43(75)56-17-39(71)59-29(5-2-3-11-51)44(76)61-31(14-26-16-55-23-57-26)46(78)60-30(13-25-7-9-27(69)10-8-25)45(77)63-33(18-68)47(79)64-34(20-84)40(54)72/h7-10,16,23-24,28-37,68-69,83-86H,2-6,11-15,17-22,51-52H2,1H3,(H2,53,70)(H2,54,72)(H,55,57)(H,56,75)(H,58,81)(H,59,71)(H,60,78)(H,61,76)(H,62,80)(H,63,77)(H,64,79)(H,65,73)(H,66,74)/t24-,28-,29-,30-,31-,32-,33-,34-,35-,36-,37-/m0/s1. The number of nitrogens with one attached hydrogen (secondary N) is 11. The fourth-order valence-corrected chi connectivity index (χ4v) is 9.24. The molecular weight excluding hydrogens is 1210 g/mol. The van der Waals surface area contributed by atoms with Crippen LogP contribution in [0.1, 0.15) is 56.7 Å². The van der Waals surface area contributed by atoms with Crippen LogP contribution in [0, 0.1) is 0 Å². The molecule has 0 spiro atoms. The summed E-state index contributed by atoms with van der Waals surface area (Å²) in [5.74, 6) is -12.6. The molecule has 1 aromatic heterocycles. The Hall–Kier alpha value is -7.38. The largest absolute Gasteiger partial charge is 0.508 e. The van der Waals surface area contributed by atoms with Crippen molar-refractivity contribution >= 4 is 127 Å². The fourth-order valence-electron chi connectivity index (χ4n) is 8.28. The Morgan fingerprint density at radius 2 is 1.19 bits per heavy atom. The third-order valence-electron chi connectivity index (χ3n) is 13.1. The molecule has 1 aliphatic rings. The molecule has 0 aliphatic carbocycles. The van der Waals surface area contributed by atoms with E-state index in [9.17, 15) is 72.5 Å². The summed E-state index contributed by atoms with van der Waals surface area (Å²) in [5, 5.41) is 44.3. The molecule has 32 nitrogen and oxygen atoms in total. The second-order valence-electron chi connectivity index (χ2n) is 19.7. The molecule has 2 heterocycles. The monoisotopic (exact) mass is 1280 g/mol. The van der Waals surface area contributed by atoms with E-state index in [1.165, 1.54) is 43.7 Å².